The number of allylic oxidation sites excluding steroid dienone is 1. The van der Waals surface area contributed by atoms with Gasteiger partial charge in [-0.15, -0.1) is 11.3 Å². The molecule has 0 atom stereocenters. The topological polar surface area (TPSA) is 76.7 Å². The van der Waals surface area contributed by atoms with Gasteiger partial charge in [-0.1, -0.05) is 18.2 Å². The van der Waals surface area contributed by atoms with Crippen molar-refractivity contribution < 1.29 is 4.79 Å². The van der Waals surface area contributed by atoms with Crippen LogP contribution in [-0.2, 0) is 4.79 Å². The van der Waals surface area contributed by atoms with Crippen LogP contribution in [0.5, 0.6) is 0 Å². The third-order valence-corrected chi connectivity index (χ3v) is 3.51. The maximum Gasteiger partial charge on any atom is 0.248 e. The van der Waals surface area contributed by atoms with E-state index in [-0.39, 0.29) is 11.5 Å². The van der Waals surface area contributed by atoms with Crippen LogP contribution in [0.25, 0.3) is 12.2 Å². The third-order valence-electron chi connectivity index (χ3n) is 2.67. The summed E-state index contributed by atoms with van der Waals surface area (Å²) in [5, 5.41) is 22.1. The molecule has 0 saturated carbocycles. The van der Waals surface area contributed by atoms with Gasteiger partial charge in [0.05, 0.1) is 0 Å². The number of hydrogen-bond donors (Lipinski definition) is 1. The first-order valence-corrected chi connectivity index (χ1v) is 7.24. The lowest BCUT2D eigenvalue weighted by molar-refractivity contribution is -0.111. The van der Waals surface area contributed by atoms with Crippen molar-refractivity contribution in [1.82, 2.24) is 0 Å². The molecule has 0 unspecified atom stereocenters. The smallest absolute Gasteiger partial charge is 0.248 e. The summed E-state index contributed by atoms with van der Waals surface area (Å²) in [4.78, 5) is 12.8. The van der Waals surface area contributed by atoms with Gasteiger partial charge in [-0.3, -0.25) is 4.79 Å². The second-order valence-electron chi connectivity index (χ2n) is 4.24. The number of nitriles is 2. The molecule has 4 nitrogen and oxygen atoms in total. The van der Waals surface area contributed by atoms with Gasteiger partial charge >= 0.3 is 0 Å². The largest absolute Gasteiger partial charge is 0.323 e. The number of nitrogens with one attached hydrogen (secondary N) is 1. The SMILES string of the molecule is N#CC(C#N)=Cc1ccc(NC(=O)/C=C/c2cccs2)cc1. The van der Waals surface area contributed by atoms with Gasteiger partial charge in [0.15, 0.2) is 0 Å². The van der Waals surface area contributed by atoms with Crippen molar-refractivity contribution in [3.05, 3.63) is 63.9 Å². The van der Waals surface area contributed by atoms with Crippen LogP contribution in [-0.4, -0.2) is 5.91 Å². The average Bonchev–Trinajstić information content (AvgIpc) is 3.05. The fraction of sp³-hybridized carbons (Fsp3) is 0. The molecule has 0 radical (unpaired) electrons. The highest BCUT2D eigenvalue weighted by molar-refractivity contribution is 7.10. The van der Waals surface area contributed by atoms with Crippen LogP contribution in [0.3, 0.4) is 0 Å². The van der Waals surface area contributed by atoms with Crippen molar-refractivity contribution in [3.63, 3.8) is 0 Å². The average molecular weight is 305 g/mol. The van der Waals surface area contributed by atoms with E-state index in [1.807, 2.05) is 17.5 Å². The molecule has 106 valence electrons. The minimum absolute atomic E-state index is 0.0377. The molecule has 1 heterocycles. The molecule has 2 rings (SSSR count). The second-order valence-corrected chi connectivity index (χ2v) is 5.22. The molecular weight excluding hydrogens is 294 g/mol. The Balaban J connectivity index is 2.00. The van der Waals surface area contributed by atoms with Gasteiger partial charge in [-0.05, 0) is 41.3 Å². The standard InChI is InChI=1S/C17H11N3OS/c18-11-14(12-19)10-13-3-5-15(6-4-13)20-17(21)8-7-16-2-1-9-22-16/h1-10H,(H,20,21)/b8-7+. The van der Waals surface area contributed by atoms with Gasteiger partial charge in [0, 0.05) is 16.6 Å². The molecule has 0 aliphatic heterocycles. The Labute approximate surface area is 132 Å². The summed E-state index contributed by atoms with van der Waals surface area (Å²) >= 11 is 1.56. The number of nitrogens with zero attached hydrogens (tertiary/aromatic N) is 2. The number of carbonyl (C=O) groups is 1. The van der Waals surface area contributed by atoms with Crippen LogP contribution in [0.2, 0.25) is 0 Å². The Hall–Kier alpha value is -3.15. The Bertz CT molecular complexity index is 772. The van der Waals surface area contributed by atoms with E-state index in [4.69, 9.17) is 10.5 Å². The van der Waals surface area contributed by atoms with E-state index in [0.29, 0.717) is 5.69 Å². The third kappa shape index (κ3) is 4.45. The Morgan fingerprint density at radius 1 is 1.14 bits per heavy atom. The van der Waals surface area contributed by atoms with Crippen LogP contribution in [0.1, 0.15) is 10.4 Å². The van der Waals surface area contributed by atoms with Gasteiger partial charge < -0.3 is 5.32 Å². The molecule has 0 bridgehead atoms. The molecular formula is C17H11N3OS. The molecule has 0 saturated heterocycles. The summed E-state index contributed by atoms with van der Waals surface area (Å²) in [6.45, 7) is 0. The van der Waals surface area contributed by atoms with Crippen LogP contribution in [0.4, 0.5) is 5.69 Å². The Kier molecular flexibility index (Phi) is 5.25. The fourth-order valence-corrected chi connectivity index (χ4v) is 2.26. The van der Waals surface area contributed by atoms with Gasteiger partial charge in [0.25, 0.3) is 0 Å². The molecule has 1 amide bonds. The zero-order valence-electron chi connectivity index (χ0n) is 11.5. The van der Waals surface area contributed by atoms with Crippen molar-refractivity contribution in [2.24, 2.45) is 0 Å². The molecule has 1 N–H and O–H groups in total. The molecule has 2 aromatic rings. The minimum Gasteiger partial charge on any atom is -0.323 e. The number of anilines is 1. The van der Waals surface area contributed by atoms with E-state index in [0.717, 1.165) is 10.4 Å². The Morgan fingerprint density at radius 2 is 1.86 bits per heavy atom. The number of benzene rings is 1. The van der Waals surface area contributed by atoms with Crippen molar-refractivity contribution >= 4 is 35.1 Å². The van der Waals surface area contributed by atoms with Crippen molar-refractivity contribution in [3.8, 4) is 12.1 Å². The first-order valence-electron chi connectivity index (χ1n) is 6.36. The maximum atomic E-state index is 11.8. The van der Waals surface area contributed by atoms with E-state index in [1.165, 1.54) is 12.2 Å². The summed E-state index contributed by atoms with van der Waals surface area (Å²) in [5.74, 6) is -0.216. The molecule has 0 spiro atoms. The highest BCUT2D eigenvalue weighted by Crippen LogP contribution is 2.13. The van der Waals surface area contributed by atoms with Crippen LogP contribution in [0.15, 0.2) is 53.4 Å². The van der Waals surface area contributed by atoms with Crippen LogP contribution >= 0.6 is 11.3 Å². The number of amides is 1. The van der Waals surface area contributed by atoms with Gasteiger partial charge in [0.1, 0.15) is 17.7 Å². The van der Waals surface area contributed by atoms with E-state index in [9.17, 15) is 4.79 Å². The van der Waals surface area contributed by atoms with Gasteiger partial charge in [0.2, 0.25) is 5.91 Å². The van der Waals surface area contributed by atoms with E-state index in [2.05, 4.69) is 5.32 Å². The highest BCUT2D eigenvalue weighted by Gasteiger charge is 1.99. The molecule has 22 heavy (non-hydrogen) atoms. The predicted molar refractivity (Wildman–Crippen MR) is 87.6 cm³/mol. The number of rotatable bonds is 4. The maximum absolute atomic E-state index is 11.8. The predicted octanol–water partition coefficient (Wildman–Crippen LogP) is 3.83. The normalized spacial score (nSPS) is 9.73. The van der Waals surface area contributed by atoms with Crippen molar-refractivity contribution in [1.29, 1.82) is 10.5 Å². The van der Waals surface area contributed by atoms with E-state index < -0.39 is 0 Å². The van der Waals surface area contributed by atoms with E-state index >= 15 is 0 Å². The van der Waals surface area contributed by atoms with Gasteiger partial charge in [-0.2, -0.15) is 10.5 Å². The second kappa shape index (κ2) is 7.58. The summed E-state index contributed by atoms with van der Waals surface area (Å²) in [7, 11) is 0. The zero-order valence-corrected chi connectivity index (χ0v) is 12.3. The summed E-state index contributed by atoms with van der Waals surface area (Å²) in [6, 6.07) is 14.3. The molecule has 0 aliphatic rings. The van der Waals surface area contributed by atoms with E-state index in [1.54, 1.807) is 53.8 Å². The molecule has 0 aliphatic carbocycles. The minimum atomic E-state index is -0.216. The summed E-state index contributed by atoms with van der Waals surface area (Å²) in [6.07, 6.45) is 4.72. The molecule has 5 heteroatoms. The van der Waals surface area contributed by atoms with Gasteiger partial charge in [-0.25, -0.2) is 0 Å². The Morgan fingerprint density at radius 3 is 2.45 bits per heavy atom. The first kappa shape index (κ1) is 15.2. The number of thiophene rings is 1. The van der Waals surface area contributed by atoms with Crippen molar-refractivity contribution in [2.45, 2.75) is 0 Å². The lowest BCUT2D eigenvalue weighted by Crippen LogP contribution is -2.07. The monoisotopic (exact) mass is 305 g/mol. The number of carbonyl (C=O) groups excluding carboxylic acids is 1. The first-order chi connectivity index (χ1) is 10.7. The molecule has 1 aromatic heterocycles. The molecule has 1 aromatic carbocycles. The lowest BCUT2D eigenvalue weighted by atomic mass is 10.1. The number of hydrogen-bond acceptors (Lipinski definition) is 4. The zero-order chi connectivity index (χ0) is 15.8. The summed E-state index contributed by atoms with van der Waals surface area (Å²) in [5.41, 5.74) is 1.41. The van der Waals surface area contributed by atoms with Crippen LogP contribution < -0.4 is 5.32 Å². The highest BCUT2D eigenvalue weighted by atomic mass is 32.1. The summed E-state index contributed by atoms with van der Waals surface area (Å²) < 4.78 is 0. The molecule has 0 fully saturated rings. The quantitative estimate of drug-likeness (QED) is 0.689. The van der Waals surface area contributed by atoms with Crippen LogP contribution in [0, 0.1) is 22.7 Å². The lowest BCUT2D eigenvalue weighted by Gasteiger charge is -2.02. The fourth-order valence-electron chi connectivity index (χ4n) is 1.65. The van der Waals surface area contributed by atoms with Crippen molar-refractivity contribution in [2.75, 3.05) is 5.32 Å².